The van der Waals surface area contributed by atoms with Gasteiger partial charge in [-0.3, -0.25) is 4.98 Å². The highest BCUT2D eigenvalue weighted by Crippen LogP contribution is 2.35. The minimum atomic E-state index is -0.180. The second-order valence-corrected chi connectivity index (χ2v) is 5.60. The Labute approximate surface area is 127 Å². The lowest BCUT2D eigenvalue weighted by atomic mass is 9.83. The summed E-state index contributed by atoms with van der Waals surface area (Å²) in [5.41, 5.74) is 3.17. The van der Waals surface area contributed by atoms with Crippen molar-refractivity contribution < 1.29 is 4.74 Å². The highest BCUT2D eigenvalue weighted by molar-refractivity contribution is 5.79. The molecule has 0 saturated heterocycles. The van der Waals surface area contributed by atoms with Crippen molar-refractivity contribution in [3.8, 4) is 0 Å². The molecule has 1 aromatic carbocycles. The topological polar surface area (TPSA) is 34.1 Å². The van der Waals surface area contributed by atoms with Gasteiger partial charge in [0.05, 0.1) is 17.2 Å². The lowest BCUT2D eigenvalue weighted by Crippen LogP contribution is -2.43. The number of hydrogen-bond donors (Lipinski definition) is 1. The highest BCUT2D eigenvalue weighted by Gasteiger charge is 2.35. The second kappa shape index (κ2) is 6.54. The van der Waals surface area contributed by atoms with Gasteiger partial charge in [-0.2, -0.15) is 0 Å². The Morgan fingerprint density at radius 1 is 1.19 bits per heavy atom. The van der Waals surface area contributed by atoms with Crippen molar-refractivity contribution in [3.63, 3.8) is 0 Å². The number of aryl methyl sites for hydroxylation is 1. The summed E-state index contributed by atoms with van der Waals surface area (Å²) >= 11 is 0. The van der Waals surface area contributed by atoms with E-state index in [1.165, 1.54) is 10.9 Å². The molecule has 2 aromatic rings. The first kappa shape index (κ1) is 15.9. The Bertz CT molecular complexity index is 597. The third kappa shape index (κ3) is 2.94. The maximum Gasteiger partial charge on any atom is 0.0867 e. The van der Waals surface area contributed by atoms with Crippen LogP contribution in [0.25, 0.3) is 10.9 Å². The number of rotatable bonds is 6. The standard InChI is InChI=1S/C18H26N2O/c1-6-18(7-2,21-5)17(19-4)15-10-11-16-14(12-15)9-8-13(3)20-16/h8-12,17,19H,6-7H2,1-5H3. The van der Waals surface area contributed by atoms with Gasteiger partial charge in [0.15, 0.2) is 0 Å². The van der Waals surface area contributed by atoms with Crippen molar-refractivity contribution in [3.05, 3.63) is 41.6 Å². The predicted molar refractivity (Wildman–Crippen MR) is 88.6 cm³/mol. The van der Waals surface area contributed by atoms with E-state index in [1.807, 2.05) is 21.1 Å². The van der Waals surface area contributed by atoms with Crippen LogP contribution in [0.3, 0.4) is 0 Å². The summed E-state index contributed by atoms with van der Waals surface area (Å²) in [6, 6.07) is 10.9. The molecule has 0 amide bonds. The van der Waals surface area contributed by atoms with Crippen LogP contribution in [-0.2, 0) is 4.74 Å². The van der Waals surface area contributed by atoms with Crippen LogP contribution in [0.4, 0.5) is 0 Å². The molecule has 1 N–H and O–H groups in total. The number of nitrogens with one attached hydrogen (secondary N) is 1. The zero-order valence-corrected chi connectivity index (χ0v) is 13.7. The molecule has 0 aliphatic heterocycles. The summed E-state index contributed by atoms with van der Waals surface area (Å²) in [6.07, 6.45) is 1.94. The molecule has 1 aromatic heterocycles. The normalized spacial score (nSPS) is 13.6. The second-order valence-electron chi connectivity index (χ2n) is 5.60. The summed E-state index contributed by atoms with van der Waals surface area (Å²) in [6.45, 7) is 6.39. The predicted octanol–water partition coefficient (Wildman–Crippen LogP) is 4.01. The minimum Gasteiger partial charge on any atom is -0.376 e. The van der Waals surface area contributed by atoms with E-state index < -0.39 is 0 Å². The zero-order valence-electron chi connectivity index (χ0n) is 13.7. The first-order valence-corrected chi connectivity index (χ1v) is 7.70. The highest BCUT2D eigenvalue weighted by atomic mass is 16.5. The number of aromatic nitrogens is 1. The largest absolute Gasteiger partial charge is 0.376 e. The van der Waals surface area contributed by atoms with Crippen LogP contribution in [0.2, 0.25) is 0 Å². The average molecular weight is 286 g/mol. The Balaban J connectivity index is 2.49. The van der Waals surface area contributed by atoms with E-state index in [0.717, 1.165) is 24.1 Å². The fourth-order valence-corrected chi connectivity index (χ4v) is 3.22. The Morgan fingerprint density at radius 2 is 1.90 bits per heavy atom. The van der Waals surface area contributed by atoms with Gasteiger partial charge in [-0.05, 0) is 50.6 Å². The van der Waals surface area contributed by atoms with E-state index in [9.17, 15) is 0 Å². The summed E-state index contributed by atoms with van der Waals surface area (Å²) < 4.78 is 5.90. The van der Waals surface area contributed by atoms with Crippen molar-refractivity contribution in [1.29, 1.82) is 0 Å². The van der Waals surface area contributed by atoms with Gasteiger partial charge in [-0.1, -0.05) is 26.0 Å². The summed E-state index contributed by atoms with van der Waals surface area (Å²) in [7, 11) is 3.81. The third-order valence-electron chi connectivity index (χ3n) is 4.60. The van der Waals surface area contributed by atoms with Crippen molar-refractivity contribution in [2.75, 3.05) is 14.2 Å². The molecule has 2 rings (SSSR count). The minimum absolute atomic E-state index is 0.170. The Morgan fingerprint density at radius 3 is 2.48 bits per heavy atom. The molecule has 1 unspecified atom stereocenters. The van der Waals surface area contributed by atoms with Crippen LogP contribution < -0.4 is 5.32 Å². The molecule has 0 aliphatic rings. The fourth-order valence-electron chi connectivity index (χ4n) is 3.22. The van der Waals surface area contributed by atoms with Crippen molar-refractivity contribution >= 4 is 10.9 Å². The van der Waals surface area contributed by atoms with Crippen molar-refractivity contribution in [2.24, 2.45) is 0 Å². The molecule has 0 saturated carbocycles. The Kier molecular flexibility index (Phi) is 4.96. The number of benzene rings is 1. The molecule has 0 aliphatic carbocycles. The molecule has 0 spiro atoms. The maximum absolute atomic E-state index is 5.90. The van der Waals surface area contributed by atoms with Gasteiger partial charge in [0.1, 0.15) is 0 Å². The number of ether oxygens (including phenoxy) is 1. The van der Waals surface area contributed by atoms with Gasteiger partial charge < -0.3 is 10.1 Å². The number of fused-ring (bicyclic) bond motifs is 1. The van der Waals surface area contributed by atoms with Gasteiger partial charge in [-0.15, -0.1) is 0 Å². The molecule has 114 valence electrons. The smallest absolute Gasteiger partial charge is 0.0867 e. The fraction of sp³-hybridized carbons (Fsp3) is 0.500. The van der Waals surface area contributed by atoms with Crippen LogP contribution >= 0.6 is 0 Å². The zero-order chi connectivity index (χ0) is 15.5. The molecule has 3 nitrogen and oxygen atoms in total. The lowest BCUT2D eigenvalue weighted by molar-refractivity contribution is -0.0467. The van der Waals surface area contributed by atoms with E-state index in [1.54, 1.807) is 0 Å². The van der Waals surface area contributed by atoms with Gasteiger partial charge in [0, 0.05) is 18.2 Å². The summed E-state index contributed by atoms with van der Waals surface area (Å²) in [5.74, 6) is 0. The molecular weight excluding hydrogens is 260 g/mol. The van der Waals surface area contributed by atoms with E-state index in [4.69, 9.17) is 4.74 Å². The number of nitrogens with zero attached hydrogens (tertiary/aromatic N) is 1. The number of hydrogen-bond acceptors (Lipinski definition) is 3. The van der Waals surface area contributed by atoms with Crippen LogP contribution in [-0.4, -0.2) is 24.7 Å². The number of pyridine rings is 1. The van der Waals surface area contributed by atoms with Gasteiger partial charge in [0.25, 0.3) is 0 Å². The average Bonchev–Trinajstić information content (AvgIpc) is 2.52. The van der Waals surface area contributed by atoms with Crippen molar-refractivity contribution in [1.82, 2.24) is 10.3 Å². The van der Waals surface area contributed by atoms with Crippen LogP contribution in [0.15, 0.2) is 30.3 Å². The summed E-state index contributed by atoms with van der Waals surface area (Å²) in [5, 5.41) is 4.62. The first-order chi connectivity index (χ1) is 10.1. The van der Waals surface area contributed by atoms with Gasteiger partial charge in [-0.25, -0.2) is 0 Å². The van der Waals surface area contributed by atoms with Crippen LogP contribution in [0.5, 0.6) is 0 Å². The van der Waals surface area contributed by atoms with Gasteiger partial charge in [0.2, 0.25) is 0 Å². The quantitative estimate of drug-likeness (QED) is 0.871. The molecule has 0 fully saturated rings. The number of likely N-dealkylation sites (N-methyl/N-ethyl adjacent to an activating group) is 1. The van der Waals surface area contributed by atoms with Crippen LogP contribution in [0, 0.1) is 6.92 Å². The number of methoxy groups -OCH3 is 1. The molecule has 1 atom stereocenters. The monoisotopic (exact) mass is 286 g/mol. The maximum atomic E-state index is 5.90. The molecular formula is C18H26N2O. The lowest BCUT2D eigenvalue weighted by Gasteiger charge is -2.38. The van der Waals surface area contributed by atoms with E-state index in [-0.39, 0.29) is 11.6 Å². The van der Waals surface area contributed by atoms with Gasteiger partial charge >= 0.3 is 0 Å². The summed E-state index contributed by atoms with van der Waals surface area (Å²) in [4.78, 5) is 4.57. The molecule has 0 bridgehead atoms. The molecule has 1 heterocycles. The Hall–Kier alpha value is -1.45. The van der Waals surface area contributed by atoms with Crippen molar-refractivity contribution in [2.45, 2.75) is 45.3 Å². The van der Waals surface area contributed by atoms with E-state index >= 15 is 0 Å². The van der Waals surface area contributed by atoms with Crippen LogP contribution in [0.1, 0.15) is 44.0 Å². The third-order valence-corrected chi connectivity index (χ3v) is 4.60. The van der Waals surface area contributed by atoms with E-state index in [0.29, 0.717) is 0 Å². The first-order valence-electron chi connectivity index (χ1n) is 7.70. The SMILES string of the molecule is CCC(CC)(OC)C(NC)c1ccc2nc(C)ccc2c1. The molecule has 21 heavy (non-hydrogen) atoms. The molecule has 0 radical (unpaired) electrons. The molecule has 3 heteroatoms. The van der Waals surface area contributed by atoms with E-state index in [2.05, 4.69) is 54.5 Å².